The molecule has 0 saturated carbocycles. The fourth-order valence-corrected chi connectivity index (χ4v) is 3.56. The minimum Gasteiger partial charge on any atom is -0.491 e. The maximum absolute atomic E-state index is 12.8. The lowest BCUT2D eigenvalue weighted by Crippen LogP contribution is -2.30. The summed E-state index contributed by atoms with van der Waals surface area (Å²) in [6, 6.07) is 10.8. The number of nitrogens with one attached hydrogen (secondary N) is 1. The maximum Gasteiger partial charge on any atom is 0.276 e. The van der Waals surface area contributed by atoms with Crippen molar-refractivity contribution >= 4 is 52.5 Å². The molecule has 0 aromatic heterocycles. The van der Waals surface area contributed by atoms with E-state index in [-0.39, 0.29) is 12.5 Å². The lowest BCUT2D eigenvalue weighted by atomic mass is 10.1. The van der Waals surface area contributed by atoms with Crippen LogP contribution in [0.5, 0.6) is 11.5 Å². The molecule has 1 aliphatic heterocycles. The Balaban J connectivity index is 1.88. The Morgan fingerprint density at radius 3 is 2.64 bits per heavy atom. The third kappa shape index (κ3) is 4.24. The number of benzene rings is 2. The fourth-order valence-electron chi connectivity index (χ4n) is 2.81. The van der Waals surface area contributed by atoms with Crippen LogP contribution in [0.3, 0.4) is 0 Å². The molecule has 1 saturated heterocycles. The van der Waals surface area contributed by atoms with Crippen molar-refractivity contribution in [2.24, 2.45) is 0 Å². The van der Waals surface area contributed by atoms with E-state index >= 15 is 0 Å². The van der Waals surface area contributed by atoms with E-state index in [9.17, 15) is 4.79 Å². The van der Waals surface area contributed by atoms with Gasteiger partial charge in [-0.3, -0.25) is 9.69 Å². The number of halogens is 2. The molecule has 1 amide bonds. The standard InChI is InChI=1S/C20H18Cl2N2O3S/c1-3-27-17-10-12(8-15(22)18(17)26-2)9-16-19(25)24(20(28)23-16)11-13-6-4-5-7-14(13)21/h4-10H,3,11H2,1-2H3,(H,23,28)/b16-9-. The minimum atomic E-state index is -0.241. The summed E-state index contributed by atoms with van der Waals surface area (Å²) in [5.74, 6) is 0.715. The number of rotatable bonds is 6. The van der Waals surface area contributed by atoms with Gasteiger partial charge >= 0.3 is 0 Å². The number of carbonyl (C=O) groups is 1. The number of ether oxygens (including phenoxy) is 2. The van der Waals surface area contributed by atoms with Gasteiger partial charge < -0.3 is 14.8 Å². The van der Waals surface area contributed by atoms with Crippen LogP contribution >= 0.6 is 35.4 Å². The van der Waals surface area contributed by atoms with Crippen molar-refractivity contribution in [2.45, 2.75) is 13.5 Å². The average molecular weight is 437 g/mol. The predicted octanol–water partition coefficient (Wildman–Crippen LogP) is 4.66. The zero-order valence-electron chi connectivity index (χ0n) is 15.3. The Bertz CT molecular complexity index is 962. The number of nitrogens with zero attached hydrogens (tertiary/aromatic N) is 1. The van der Waals surface area contributed by atoms with Crippen molar-refractivity contribution < 1.29 is 14.3 Å². The molecule has 8 heteroatoms. The molecule has 0 aliphatic carbocycles. The second kappa shape index (κ2) is 8.82. The monoisotopic (exact) mass is 436 g/mol. The Kier molecular flexibility index (Phi) is 6.44. The van der Waals surface area contributed by atoms with Crippen LogP contribution in [0.15, 0.2) is 42.1 Å². The molecule has 1 fully saturated rings. The molecular formula is C20H18Cl2N2O3S. The van der Waals surface area contributed by atoms with Crippen molar-refractivity contribution in [1.82, 2.24) is 10.2 Å². The summed E-state index contributed by atoms with van der Waals surface area (Å²) >= 11 is 17.8. The molecule has 1 heterocycles. The van der Waals surface area contributed by atoms with Gasteiger partial charge in [-0.15, -0.1) is 0 Å². The maximum atomic E-state index is 12.8. The third-order valence-electron chi connectivity index (χ3n) is 4.10. The Hall–Kier alpha value is -2.28. The quantitative estimate of drug-likeness (QED) is 0.527. The fraction of sp³-hybridized carbons (Fsp3) is 0.200. The Labute approximate surface area is 178 Å². The van der Waals surface area contributed by atoms with Gasteiger partial charge in [0, 0.05) is 5.02 Å². The summed E-state index contributed by atoms with van der Waals surface area (Å²) in [7, 11) is 1.52. The van der Waals surface area contributed by atoms with E-state index in [2.05, 4.69) is 5.32 Å². The Morgan fingerprint density at radius 1 is 1.21 bits per heavy atom. The largest absolute Gasteiger partial charge is 0.491 e. The molecule has 0 atom stereocenters. The minimum absolute atomic E-state index is 0.241. The highest BCUT2D eigenvalue weighted by molar-refractivity contribution is 7.80. The van der Waals surface area contributed by atoms with Crippen molar-refractivity contribution in [3.63, 3.8) is 0 Å². The smallest absolute Gasteiger partial charge is 0.276 e. The van der Waals surface area contributed by atoms with Crippen LogP contribution in [0.1, 0.15) is 18.1 Å². The van der Waals surface area contributed by atoms with Crippen LogP contribution in [-0.4, -0.2) is 29.6 Å². The summed E-state index contributed by atoms with van der Waals surface area (Å²) in [4.78, 5) is 14.3. The zero-order valence-corrected chi connectivity index (χ0v) is 17.6. The highest BCUT2D eigenvalue weighted by Crippen LogP contribution is 2.37. The molecule has 0 bridgehead atoms. The summed E-state index contributed by atoms with van der Waals surface area (Å²) in [5.41, 5.74) is 1.85. The van der Waals surface area contributed by atoms with Crippen LogP contribution in [0, 0.1) is 0 Å². The first-order valence-electron chi connectivity index (χ1n) is 8.52. The molecule has 28 heavy (non-hydrogen) atoms. The highest BCUT2D eigenvalue weighted by atomic mass is 35.5. The summed E-state index contributed by atoms with van der Waals surface area (Å²) in [5, 5.41) is 4.24. The first kappa shape index (κ1) is 20.5. The van der Waals surface area contributed by atoms with Crippen LogP contribution in [-0.2, 0) is 11.3 Å². The molecule has 0 unspecified atom stereocenters. The third-order valence-corrected chi connectivity index (χ3v) is 5.07. The van der Waals surface area contributed by atoms with E-state index in [1.807, 2.05) is 25.1 Å². The van der Waals surface area contributed by atoms with Gasteiger partial charge in [-0.2, -0.15) is 0 Å². The molecule has 2 aromatic rings. The van der Waals surface area contributed by atoms with Crippen molar-refractivity contribution in [1.29, 1.82) is 0 Å². The first-order chi connectivity index (χ1) is 13.4. The lowest BCUT2D eigenvalue weighted by Gasteiger charge is -2.14. The van der Waals surface area contributed by atoms with Crippen molar-refractivity contribution in [3.05, 3.63) is 63.3 Å². The molecule has 3 rings (SSSR count). The number of hydrogen-bond acceptors (Lipinski definition) is 4. The van der Waals surface area contributed by atoms with Crippen LogP contribution < -0.4 is 14.8 Å². The Morgan fingerprint density at radius 2 is 1.96 bits per heavy atom. The van der Waals surface area contributed by atoms with Crippen LogP contribution in [0.2, 0.25) is 10.0 Å². The number of carbonyl (C=O) groups excluding carboxylic acids is 1. The van der Waals surface area contributed by atoms with Gasteiger partial charge in [-0.1, -0.05) is 41.4 Å². The highest BCUT2D eigenvalue weighted by Gasteiger charge is 2.31. The molecule has 0 spiro atoms. The van der Waals surface area contributed by atoms with Gasteiger partial charge in [-0.05, 0) is 54.5 Å². The van der Waals surface area contributed by atoms with Gasteiger partial charge in [0.1, 0.15) is 5.70 Å². The van der Waals surface area contributed by atoms with Gasteiger partial charge in [0.15, 0.2) is 16.6 Å². The number of amides is 1. The van der Waals surface area contributed by atoms with Crippen molar-refractivity contribution in [3.8, 4) is 11.5 Å². The molecule has 0 radical (unpaired) electrons. The summed E-state index contributed by atoms with van der Waals surface area (Å²) < 4.78 is 10.9. The topological polar surface area (TPSA) is 50.8 Å². The predicted molar refractivity (Wildman–Crippen MR) is 115 cm³/mol. The molecular weight excluding hydrogens is 419 g/mol. The number of thiocarbonyl (C=S) groups is 1. The van der Waals surface area contributed by atoms with Crippen molar-refractivity contribution in [2.75, 3.05) is 13.7 Å². The van der Waals surface area contributed by atoms with Crippen LogP contribution in [0.4, 0.5) is 0 Å². The lowest BCUT2D eigenvalue weighted by molar-refractivity contribution is -0.122. The van der Waals surface area contributed by atoms with Gasteiger partial charge in [-0.25, -0.2) is 0 Å². The second-order valence-electron chi connectivity index (χ2n) is 5.94. The molecule has 5 nitrogen and oxygen atoms in total. The molecule has 146 valence electrons. The summed E-state index contributed by atoms with van der Waals surface area (Å²) in [6.07, 6.45) is 1.68. The second-order valence-corrected chi connectivity index (χ2v) is 7.14. The van der Waals surface area contributed by atoms with E-state index in [1.54, 1.807) is 24.3 Å². The SMILES string of the molecule is CCOc1cc(/C=C2\NC(=S)N(Cc3ccccc3Cl)C2=O)cc(Cl)c1OC. The van der Waals surface area contributed by atoms with E-state index in [0.717, 1.165) is 5.56 Å². The van der Waals surface area contributed by atoms with Gasteiger partial charge in [0.25, 0.3) is 5.91 Å². The molecule has 2 aromatic carbocycles. The summed E-state index contributed by atoms with van der Waals surface area (Å²) in [6.45, 7) is 2.61. The van der Waals surface area contributed by atoms with Crippen LogP contribution in [0.25, 0.3) is 6.08 Å². The van der Waals surface area contributed by atoms with E-state index in [0.29, 0.717) is 44.5 Å². The number of methoxy groups -OCH3 is 1. The van der Waals surface area contributed by atoms with E-state index < -0.39 is 0 Å². The number of hydrogen-bond donors (Lipinski definition) is 1. The first-order valence-corrected chi connectivity index (χ1v) is 9.69. The van der Waals surface area contributed by atoms with E-state index in [1.165, 1.54) is 12.0 Å². The average Bonchev–Trinajstić information content (AvgIpc) is 2.91. The zero-order chi connectivity index (χ0) is 20.3. The normalized spacial score (nSPS) is 15.1. The molecule has 1 N–H and O–H groups in total. The van der Waals surface area contributed by atoms with E-state index in [4.69, 9.17) is 44.9 Å². The van der Waals surface area contributed by atoms with Gasteiger partial charge in [0.05, 0.1) is 25.3 Å². The van der Waals surface area contributed by atoms with Gasteiger partial charge in [0.2, 0.25) is 0 Å². The molecule has 1 aliphatic rings.